The van der Waals surface area contributed by atoms with Crippen molar-refractivity contribution in [2.24, 2.45) is 10.9 Å². The third kappa shape index (κ3) is 12.8. The number of hydrogen-bond donors (Lipinski definition) is 3. The van der Waals surface area contributed by atoms with Crippen molar-refractivity contribution >= 4 is 35.8 Å². The summed E-state index contributed by atoms with van der Waals surface area (Å²) in [4.78, 5) is 18.1. The molecule has 0 rings (SSSR count). The molecule has 0 aliphatic heterocycles. The molecule has 24 heavy (non-hydrogen) atoms. The van der Waals surface area contributed by atoms with Gasteiger partial charge in [-0.25, -0.2) is 0 Å². The van der Waals surface area contributed by atoms with E-state index in [-0.39, 0.29) is 35.8 Å². The molecule has 144 valence electrons. The van der Waals surface area contributed by atoms with Crippen LogP contribution < -0.4 is 16.0 Å². The van der Waals surface area contributed by atoms with Crippen molar-refractivity contribution in [3.05, 3.63) is 0 Å². The molecular formula is C17H38IN5O. The van der Waals surface area contributed by atoms with Gasteiger partial charge < -0.3 is 20.9 Å². The Balaban J connectivity index is 0. The maximum Gasteiger partial charge on any atom is 0.222 e. The van der Waals surface area contributed by atoms with Gasteiger partial charge in [0.05, 0.1) is 0 Å². The lowest BCUT2D eigenvalue weighted by atomic mass is 10.2. The molecular weight excluding hydrogens is 417 g/mol. The summed E-state index contributed by atoms with van der Waals surface area (Å²) < 4.78 is 0. The smallest absolute Gasteiger partial charge is 0.222 e. The first-order chi connectivity index (χ1) is 10.9. The predicted molar refractivity (Wildman–Crippen MR) is 114 cm³/mol. The fourth-order valence-electron chi connectivity index (χ4n) is 2.23. The molecule has 0 heterocycles. The summed E-state index contributed by atoms with van der Waals surface area (Å²) in [6.45, 7) is 15.0. The highest BCUT2D eigenvalue weighted by Gasteiger charge is 2.07. The lowest BCUT2D eigenvalue weighted by Crippen LogP contribution is -2.45. The third-order valence-electron chi connectivity index (χ3n) is 3.85. The Kier molecular flexibility index (Phi) is 17.0. The Morgan fingerprint density at radius 3 is 2.17 bits per heavy atom. The number of hydrogen-bond acceptors (Lipinski definition) is 3. The number of aliphatic imine (C=N–C) groups is 1. The zero-order valence-electron chi connectivity index (χ0n) is 16.3. The van der Waals surface area contributed by atoms with Crippen LogP contribution in [-0.4, -0.2) is 62.6 Å². The largest absolute Gasteiger partial charge is 0.355 e. The van der Waals surface area contributed by atoms with Gasteiger partial charge in [0.2, 0.25) is 5.91 Å². The van der Waals surface area contributed by atoms with Gasteiger partial charge in [0.1, 0.15) is 0 Å². The second-order valence-corrected chi connectivity index (χ2v) is 6.16. The van der Waals surface area contributed by atoms with Gasteiger partial charge in [-0.15, -0.1) is 24.0 Å². The minimum Gasteiger partial charge on any atom is -0.355 e. The molecule has 3 N–H and O–H groups in total. The number of nitrogens with zero attached hydrogens (tertiary/aromatic N) is 2. The number of halogens is 1. The molecule has 0 spiro atoms. The first-order valence-corrected chi connectivity index (χ1v) is 8.91. The topological polar surface area (TPSA) is 68.8 Å². The highest BCUT2D eigenvalue weighted by Crippen LogP contribution is 1.99. The Hall–Kier alpha value is -0.570. The van der Waals surface area contributed by atoms with Gasteiger partial charge >= 0.3 is 0 Å². The lowest BCUT2D eigenvalue weighted by Gasteiger charge is -2.21. The number of carbonyl (C=O) groups is 1. The molecule has 0 aromatic heterocycles. The van der Waals surface area contributed by atoms with Crippen molar-refractivity contribution in [2.75, 3.05) is 39.8 Å². The zero-order chi connectivity index (χ0) is 17.7. The number of guanidine groups is 1. The van der Waals surface area contributed by atoms with E-state index in [4.69, 9.17) is 0 Å². The second kappa shape index (κ2) is 15.9. The van der Waals surface area contributed by atoms with Gasteiger partial charge in [0.15, 0.2) is 5.96 Å². The molecule has 1 atom stereocenters. The van der Waals surface area contributed by atoms with Crippen molar-refractivity contribution in [1.29, 1.82) is 0 Å². The van der Waals surface area contributed by atoms with Crippen molar-refractivity contribution in [1.82, 2.24) is 20.9 Å². The van der Waals surface area contributed by atoms with Gasteiger partial charge in [-0.1, -0.05) is 27.7 Å². The van der Waals surface area contributed by atoms with Crippen LogP contribution in [0.2, 0.25) is 0 Å². The SMILES string of the molecule is CCN(CC)CCCC(C)NC(=NC)NCCNC(=O)C(C)C.I. The van der Waals surface area contributed by atoms with Gasteiger partial charge in [-0.05, 0) is 39.4 Å². The van der Waals surface area contributed by atoms with Gasteiger partial charge in [-0.3, -0.25) is 9.79 Å². The molecule has 0 saturated carbocycles. The van der Waals surface area contributed by atoms with E-state index in [1.165, 1.54) is 6.42 Å². The Morgan fingerprint density at radius 2 is 1.67 bits per heavy atom. The number of rotatable bonds is 11. The van der Waals surface area contributed by atoms with E-state index < -0.39 is 0 Å². The molecule has 0 bridgehead atoms. The molecule has 0 aliphatic carbocycles. The molecule has 0 saturated heterocycles. The molecule has 0 aromatic rings. The monoisotopic (exact) mass is 455 g/mol. The summed E-state index contributed by atoms with van der Waals surface area (Å²) in [5.41, 5.74) is 0. The van der Waals surface area contributed by atoms with E-state index in [0.717, 1.165) is 32.0 Å². The van der Waals surface area contributed by atoms with E-state index >= 15 is 0 Å². The van der Waals surface area contributed by atoms with Crippen LogP contribution in [0.4, 0.5) is 0 Å². The molecule has 0 aliphatic rings. The average molecular weight is 455 g/mol. The van der Waals surface area contributed by atoms with Gasteiger partial charge in [-0.2, -0.15) is 0 Å². The first kappa shape index (κ1) is 25.7. The van der Waals surface area contributed by atoms with Crippen molar-refractivity contribution in [3.8, 4) is 0 Å². The predicted octanol–water partition coefficient (Wildman–Crippen LogP) is 2.05. The summed E-state index contributed by atoms with van der Waals surface area (Å²) in [6, 6.07) is 0.377. The van der Waals surface area contributed by atoms with Crippen LogP contribution in [0.25, 0.3) is 0 Å². The minimum atomic E-state index is 0. The molecule has 0 radical (unpaired) electrons. The van der Waals surface area contributed by atoms with Gasteiger partial charge in [0, 0.05) is 32.1 Å². The fraction of sp³-hybridized carbons (Fsp3) is 0.882. The van der Waals surface area contributed by atoms with Crippen LogP contribution in [0, 0.1) is 5.92 Å². The Bertz CT molecular complexity index is 346. The molecule has 0 aromatic carbocycles. The number of amides is 1. The van der Waals surface area contributed by atoms with E-state index in [2.05, 4.69) is 46.6 Å². The van der Waals surface area contributed by atoms with Crippen LogP contribution in [0.5, 0.6) is 0 Å². The number of nitrogens with one attached hydrogen (secondary N) is 3. The Morgan fingerprint density at radius 1 is 1.08 bits per heavy atom. The summed E-state index contributed by atoms with van der Waals surface area (Å²) in [5, 5.41) is 9.51. The van der Waals surface area contributed by atoms with Gasteiger partial charge in [0.25, 0.3) is 0 Å². The van der Waals surface area contributed by atoms with Crippen LogP contribution in [0.1, 0.15) is 47.5 Å². The number of carbonyl (C=O) groups excluding carboxylic acids is 1. The lowest BCUT2D eigenvalue weighted by molar-refractivity contribution is -0.123. The second-order valence-electron chi connectivity index (χ2n) is 6.16. The molecule has 1 amide bonds. The molecule has 7 heteroatoms. The van der Waals surface area contributed by atoms with Crippen molar-refractivity contribution in [3.63, 3.8) is 0 Å². The third-order valence-corrected chi connectivity index (χ3v) is 3.85. The maximum atomic E-state index is 11.5. The van der Waals surface area contributed by atoms with Crippen LogP contribution in [0.15, 0.2) is 4.99 Å². The Labute approximate surface area is 165 Å². The van der Waals surface area contributed by atoms with E-state index in [0.29, 0.717) is 19.1 Å². The maximum absolute atomic E-state index is 11.5. The van der Waals surface area contributed by atoms with E-state index in [1.54, 1.807) is 7.05 Å². The fourth-order valence-corrected chi connectivity index (χ4v) is 2.23. The van der Waals surface area contributed by atoms with E-state index in [1.807, 2.05) is 13.8 Å². The first-order valence-electron chi connectivity index (χ1n) is 8.91. The zero-order valence-corrected chi connectivity index (χ0v) is 18.6. The molecule has 6 nitrogen and oxygen atoms in total. The standard InChI is InChI=1S/C17H37N5O.HI/c1-7-22(8-2)13-9-10-15(5)21-17(18-6)20-12-11-19-16(23)14(3)4;/h14-15H,7-13H2,1-6H3,(H,19,23)(H2,18,20,21);1H. The molecule has 0 fully saturated rings. The van der Waals surface area contributed by atoms with Crippen LogP contribution >= 0.6 is 24.0 Å². The highest BCUT2D eigenvalue weighted by molar-refractivity contribution is 14.0. The summed E-state index contributed by atoms with van der Waals surface area (Å²) in [6.07, 6.45) is 2.29. The van der Waals surface area contributed by atoms with Crippen LogP contribution in [-0.2, 0) is 4.79 Å². The van der Waals surface area contributed by atoms with Crippen molar-refractivity contribution < 1.29 is 4.79 Å². The molecule has 1 unspecified atom stereocenters. The quantitative estimate of drug-likeness (QED) is 0.193. The summed E-state index contributed by atoms with van der Waals surface area (Å²) >= 11 is 0. The van der Waals surface area contributed by atoms with Crippen molar-refractivity contribution in [2.45, 2.75) is 53.5 Å². The summed E-state index contributed by atoms with van der Waals surface area (Å²) in [7, 11) is 1.77. The van der Waals surface area contributed by atoms with Crippen LogP contribution in [0.3, 0.4) is 0 Å². The minimum absolute atomic E-state index is 0. The average Bonchev–Trinajstić information content (AvgIpc) is 2.53. The van der Waals surface area contributed by atoms with E-state index in [9.17, 15) is 4.79 Å². The summed E-state index contributed by atoms with van der Waals surface area (Å²) in [5.74, 6) is 0.900. The normalized spacial score (nSPS) is 12.8. The highest BCUT2D eigenvalue weighted by atomic mass is 127.